The van der Waals surface area contributed by atoms with E-state index in [1.807, 2.05) is 32.9 Å². The predicted molar refractivity (Wildman–Crippen MR) is 101 cm³/mol. The van der Waals surface area contributed by atoms with Gasteiger partial charge in [-0.3, -0.25) is 4.79 Å². The molecule has 2 aliphatic rings. The number of pyridine rings is 1. The Balaban J connectivity index is 1.60. The Labute approximate surface area is 160 Å². The number of aromatic nitrogens is 1. The third-order valence-corrected chi connectivity index (χ3v) is 4.85. The zero-order valence-electron chi connectivity index (χ0n) is 16.4. The van der Waals surface area contributed by atoms with Gasteiger partial charge in [0.15, 0.2) is 0 Å². The smallest absolute Gasteiger partial charge is 0.410 e. The van der Waals surface area contributed by atoms with Crippen LogP contribution in [0.25, 0.3) is 0 Å². The van der Waals surface area contributed by atoms with Crippen LogP contribution in [-0.2, 0) is 9.47 Å². The van der Waals surface area contributed by atoms with E-state index in [4.69, 9.17) is 9.47 Å². The minimum Gasteiger partial charge on any atom is -0.444 e. The summed E-state index contributed by atoms with van der Waals surface area (Å²) in [5.41, 5.74) is 0.936. The average Bonchev–Trinajstić information content (AvgIpc) is 2.67. The first-order chi connectivity index (χ1) is 12.8. The van der Waals surface area contributed by atoms with Gasteiger partial charge in [-0.15, -0.1) is 0 Å². The number of likely N-dealkylation sites (tertiary alicyclic amines) is 1. The van der Waals surface area contributed by atoms with Gasteiger partial charge in [-0.05, 0) is 45.7 Å². The molecule has 2 saturated heterocycles. The molecule has 0 aliphatic carbocycles. The molecule has 0 bridgehead atoms. The van der Waals surface area contributed by atoms with Crippen molar-refractivity contribution in [3.63, 3.8) is 0 Å². The molecule has 0 unspecified atom stereocenters. The van der Waals surface area contributed by atoms with Crippen molar-refractivity contribution in [3.8, 4) is 0 Å². The topological polar surface area (TPSA) is 72.0 Å². The Morgan fingerprint density at radius 1 is 1.07 bits per heavy atom. The maximum Gasteiger partial charge on any atom is 0.410 e. The molecule has 27 heavy (non-hydrogen) atoms. The molecule has 0 saturated carbocycles. The van der Waals surface area contributed by atoms with Crippen LogP contribution in [-0.4, -0.2) is 71.8 Å². The van der Waals surface area contributed by atoms with Crippen LogP contribution in [0.1, 0.15) is 55.7 Å². The van der Waals surface area contributed by atoms with E-state index in [1.54, 1.807) is 15.9 Å². The van der Waals surface area contributed by atoms with Crippen molar-refractivity contribution in [3.05, 3.63) is 29.6 Å². The zero-order valence-corrected chi connectivity index (χ0v) is 16.4. The molecule has 0 atom stereocenters. The molecule has 7 heteroatoms. The molecule has 3 rings (SSSR count). The summed E-state index contributed by atoms with van der Waals surface area (Å²) in [4.78, 5) is 33.0. The van der Waals surface area contributed by atoms with Crippen LogP contribution in [0.2, 0.25) is 0 Å². The van der Waals surface area contributed by atoms with E-state index < -0.39 is 5.60 Å². The van der Waals surface area contributed by atoms with E-state index in [-0.39, 0.29) is 17.9 Å². The van der Waals surface area contributed by atoms with Crippen molar-refractivity contribution in [2.24, 2.45) is 0 Å². The number of hydrogen-bond donors (Lipinski definition) is 0. The van der Waals surface area contributed by atoms with Crippen LogP contribution >= 0.6 is 0 Å². The van der Waals surface area contributed by atoms with Gasteiger partial charge in [0.2, 0.25) is 0 Å². The molecule has 1 aromatic heterocycles. The van der Waals surface area contributed by atoms with Crippen molar-refractivity contribution in [2.75, 3.05) is 39.4 Å². The zero-order chi connectivity index (χ0) is 19.4. The van der Waals surface area contributed by atoms with Crippen LogP contribution < -0.4 is 0 Å². The lowest BCUT2D eigenvalue weighted by Crippen LogP contribution is -2.42. The van der Waals surface area contributed by atoms with Gasteiger partial charge in [-0.25, -0.2) is 9.78 Å². The molecule has 7 nitrogen and oxygen atoms in total. The Bertz CT molecular complexity index is 672. The molecular weight excluding hydrogens is 346 g/mol. The van der Waals surface area contributed by atoms with Gasteiger partial charge in [-0.1, -0.05) is 6.07 Å². The number of nitrogens with zero attached hydrogens (tertiary/aromatic N) is 3. The predicted octanol–water partition coefficient (Wildman–Crippen LogP) is 2.67. The highest BCUT2D eigenvalue weighted by Gasteiger charge is 2.28. The van der Waals surface area contributed by atoms with E-state index in [0.717, 1.165) is 18.5 Å². The first kappa shape index (κ1) is 19.6. The van der Waals surface area contributed by atoms with Gasteiger partial charge in [0, 0.05) is 37.8 Å². The van der Waals surface area contributed by atoms with E-state index in [1.165, 1.54) is 0 Å². The summed E-state index contributed by atoms with van der Waals surface area (Å²) in [6, 6.07) is 5.65. The number of amides is 2. The molecule has 3 heterocycles. The Hall–Kier alpha value is -2.15. The number of piperidine rings is 1. The fourth-order valence-electron chi connectivity index (χ4n) is 3.41. The monoisotopic (exact) mass is 375 g/mol. The highest BCUT2D eigenvalue weighted by molar-refractivity contribution is 5.92. The second-order valence-corrected chi connectivity index (χ2v) is 8.09. The number of carbonyl (C=O) groups is 2. The summed E-state index contributed by atoms with van der Waals surface area (Å²) >= 11 is 0. The van der Waals surface area contributed by atoms with Crippen molar-refractivity contribution < 1.29 is 19.1 Å². The summed E-state index contributed by atoms with van der Waals surface area (Å²) in [5, 5.41) is 0. The molecule has 148 valence electrons. The van der Waals surface area contributed by atoms with Crippen molar-refractivity contribution in [1.82, 2.24) is 14.8 Å². The highest BCUT2D eigenvalue weighted by Crippen LogP contribution is 2.28. The summed E-state index contributed by atoms with van der Waals surface area (Å²) in [7, 11) is 0. The molecule has 0 radical (unpaired) electrons. The van der Waals surface area contributed by atoms with Crippen molar-refractivity contribution >= 4 is 12.0 Å². The van der Waals surface area contributed by atoms with E-state index in [2.05, 4.69) is 4.98 Å². The second kappa shape index (κ2) is 8.25. The fourth-order valence-corrected chi connectivity index (χ4v) is 3.41. The van der Waals surface area contributed by atoms with Crippen LogP contribution in [0.3, 0.4) is 0 Å². The maximum atomic E-state index is 12.6. The van der Waals surface area contributed by atoms with Gasteiger partial charge >= 0.3 is 6.09 Å². The Kier molecular flexibility index (Phi) is 5.99. The Morgan fingerprint density at radius 2 is 1.74 bits per heavy atom. The molecule has 2 aliphatic heterocycles. The normalized spacial score (nSPS) is 19.1. The lowest BCUT2D eigenvalue weighted by atomic mass is 9.93. The van der Waals surface area contributed by atoms with Gasteiger partial charge in [0.25, 0.3) is 5.91 Å². The highest BCUT2D eigenvalue weighted by atomic mass is 16.6. The lowest BCUT2D eigenvalue weighted by molar-refractivity contribution is 0.0204. The van der Waals surface area contributed by atoms with E-state index in [9.17, 15) is 9.59 Å². The first-order valence-electron chi connectivity index (χ1n) is 9.65. The molecule has 2 fully saturated rings. The molecule has 0 aromatic carbocycles. The molecule has 0 N–H and O–H groups in total. The van der Waals surface area contributed by atoms with Crippen LogP contribution in [0.15, 0.2) is 18.2 Å². The fraction of sp³-hybridized carbons (Fsp3) is 0.650. The van der Waals surface area contributed by atoms with Gasteiger partial charge in [0.05, 0.1) is 13.2 Å². The third kappa shape index (κ3) is 5.19. The number of ether oxygens (including phenoxy) is 2. The van der Waals surface area contributed by atoms with Gasteiger partial charge < -0.3 is 19.3 Å². The van der Waals surface area contributed by atoms with Crippen LogP contribution in [0, 0.1) is 0 Å². The summed E-state index contributed by atoms with van der Waals surface area (Å²) in [5.74, 6) is 0.215. The van der Waals surface area contributed by atoms with Gasteiger partial charge in [-0.2, -0.15) is 0 Å². The van der Waals surface area contributed by atoms with Crippen LogP contribution in [0.5, 0.6) is 0 Å². The molecule has 2 amide bonds. The standard InChI is InChI=1S/C20H29N3O4/c1-20(2,3)27-19(25)23-9-7-15(8-10-23)16-5-4-6-17(21-16)18(24)22-11-13-26-14-12-22/h4-6,15H,7-14H2,1-3H3. The summed E-state index contributed by atoms with van der Waals surface area (Å²) < 4.78 is 10.8. The third-order valence-electron chi connectivity index (χ3n) is 4.85. The number of rotatable bonds is 2. The largest absolute Gasteiger partial charge is 0.444 e. The number of hydrogen-bond acceptors (Lipinski definition) is 5. The number of carbonyl (C=O) groups excluding carboxylic acids is 2. The van der Waals surface area contributed by atoms with Crippen LogP contribution in [0.4, 0.5) is 4.79 Å². The number of morpholine rings is 1. The molecular formula is C20H29N3O4. The minimum atomic E-state index is -0.482. The Morgan fingerprint density at radius 3 is 2.37 bits per heavy atom. The molecule has 0 spiro atoms. The molecule has 1 aromatic rings. The van der Waals surface area contributed by atoms with E-state index in [0.29, 0.717) is 45.1 Å². The minimum absolute atomic E-state index is 0.0358. The maximum absolute atomic E-state index is 12.6. The first-order valence-corrected chi connectivity index (χ1v) is 9.65. The van der Waals surface area contributed by atoms with Gasteiger partial charge in [0.1, 0.15) is 11.3 Å². The van der Waals surface area contributed by atoms with E-state index >= 15 is 0 Å². The van der Waals surface area contributed by atoms with Crippen molar-refractivity contribution in [1.29, 1.82) is 0 Å². The SMILES string of the molecule is CC(C)(C)OC(=O)N1CCC(c2cccc(C(=O)N3CCOCC3)n2)CC1. The quantitative estimate of drug-likeness (QED) is 0.795. The summed E-state index contributed by atoms with van der Waals surface area (Å²) in [6.07, 6.45) is 1.38. The average molecular weight is 375 g/mol. The second-order valence-electron chi connectivity index (χ2n) is 8.09. The summed E-state index contributed by atoms with van der Waals surface area (Å²) in [6.45, 7) is 9.28. The van der Waals surface area contributed by atoms with Crippen molar-refractivity contribution in [2.45, 2.75) is 45.1 Å². The lowest BCUT2D eigenvalue weighted by Gasteiger charge is -2.33.